The van der Waals surface area contributed by atoms with Crippen molar-refractivity contribution in [3.05, 3.63) is 0 Å². The van der Waals surface area contributed by atoms with Crippen molar-refractivity contribution in [1.82, 2.24) is 34.3 Å². The van der Waals surface area contributed by atoms with E-state index in [1.807, 2.05) is 7.05 Å². The normalized spacial score (nSPS) is 29.0. The fourth-order valence-corrected chi connectivity index (χ4v) is 8.37. The fourth-order valence-electron chi connectivity index (χ4n) is 6.42. The minimum atomic E-state index is -2.66. The van der Waals surface area contributed by atoms with Gasteiger partial charge in [0, 0.05) is 103 Å². The Kier molecular flexibility index (Phi) is 14.6. The van der Waals surface area contributed by atoms with Crippen LogP contribution in [0.2, 0.25) is 0 Å². The van der Waals surface area contributed by atoms with Gasteiger partial charge in [-0.2, -0.15) is 0 Å². The Morgan fingerprint density at radius 1 is 0.558 bits per heavy atom. The number of sulfone groups is 1. The third kappa shape index (κ3) is 11.4. The summed E-state index contributed by atoms with van der Waals surface area (Å²) < 4.78 is 32.2. The van der Waals surface area contributed by atoms with Gasteiger partial charge in [-0.3, -0.25) is 4.90 Å². The molecule has 0 aromatic heterocycles. The number of hydrogen-bond donors (Lipinski definition) is 0. The molecule has 2 spiro atoms. The summed E-state index contributed by atoms with van der Waals surface area (Å²) in [7, 11) is 10.1. The summed E-state index contributed by atoms with van der Waals surface area (Å²) in [6, 6.07) is 0.730. The average molecular weight is 632 g/mol. The van der Waals surface area contributed by atoms with Crippen LogP contribution in [0.4, 0.5) is 0 Å². The molecule has 0 amide bonds. The van der Waals surface area contributed by atoms with Gasteiger partial charge in [-0.05, 0) is 62.6 Å². The van der Waals surface area contributed by atoms with Crippen LogP contribution in [0.5, 0.6) is 0 Å². The van der Waals surface area contributed by atoms with Crippen LogP contribution in [0.15, 0.2) is 0 Å². The topological polar surface area (TPSA) is 75.3 Å². The first kappa shape index (κ1) is 37.1. The van der Waals surface area contributed by atoms with E-state index in [1.165, 1.54) is 65.4 Å². The molecule has 0 radical (unpaired) electrons. The van der Waals surface area contributed by atoms with Crippen LogP contribution in [-0.2, 0) is 19.3 Å². The molecule has 0 unspecified atom stereocenters. The predicted octanol–water partition coefficient (Wildman–Crippen LogP) is -0.108. The van der Waals surface area contributed by atoms with E-state index < -0.39 is 9.84 Å². The summed E-state index contributed by atoms with van der Waals surface area (Å²) in [5.41, 5.74) is 0.620. The minimum absolute atomic E-state index is 0.290. The molecule has 7 aliphatic heterocycles. The first-order valence-electron chi connectivity index (χ1n) is 16.5. The van der Waals surface area contributed by atoms with E-state index in [9.17, 15) is 8.42 Å². The summed E-state index contributed by atoms with van der Waals surface area (Å²) in [6.07, 6.45) is 0.889. The van der Waals surface area contributed by atoms with Gasteiger partial charge >= 0.3 is 0 Å². The second-order valence-corrected chi connectivity index (χ2v) is 17.0. The van der Waals surface area contributed by atoms with Crippen molar-refractivity contribution in [3.8, 4) is 0 Å². The zero-order chi connectivity index (χ0) is 31.7. The highest BCUT2D eigenvalue weighted by molar-refractivity contribution is 7.94. The lowest BCUT2D eigenvalue weighted by Gasteiger charge is -2.53. The summed E-state index contributed by atoms with van der Waals surface area (Å²) in [5.74, 6) is 0.418. The van der Waals surface area contributed by atoms with Gasteiger partial charge in [0.25, 0.3) is 0 Å². The third-order valence-corrected chi connectivity index (χ3v) is 12.4. The monoisotopic (exact) mass is 631 g/mol. The molecule has 0 aromatic carbocycles. The number of nitrogens with zero attached hydrogens (tertiary/aromatic N) is 7. The highest BCUT2D eigenvalue weighted by Crippen LogP contribution is 2.41. The number of ether oxygens (including phenoxy) is 2. The first-order valence-corrected chi connectivity index (χ1v) is 18.1. The zero-order valence-electron chi connectivity index (χ0n) is 28.9. The van der Waals surface area contributed by atoms with Crippen LogP contribution in [0.1, 0.15) is 20.3 Å². The quantitative estimate of drug-likeness (QED) is 0.390. The Hall–Kier alpha value is -0.410. The second-order valence-electron chi connectivity index (χ2n) is 14.5. The molecule has 0 bridgehead atoms. The van der Waals surface area contributed by atoms with Gasteiger partial charge in [-0.25, -0.2) is 8.42 Å². The van der Waals surface area contributed by atoms with Gasteiger partial charge in [-0.15, -0.1) is 0 Å². The number of likely N-dealkylation sites (tertiary alicyclic amines) is 2. The Morgan fingerprint density at radius 3 is 1.19 bits per heavy atom. The molecule has 7 rings (SSSR count). The van der Waals surface area contributed by atoms with Gasteiger partial charge in [-0.1, -0.05) is 0 Å². The largest absolute Gasteiger partial charge is 0.380 e. The number of morpholine rings is 1. The van der Waals surface area contributed by atoms with Gasteiger partial charge in [0.1, 0.15) is 0 Å². The molecule has 12 heteroatoms. The summed E-state index contributed by atoms with van der Waals surface area (Å²) >= 11 is 0. The summed E-state index contributed by atoms with van der Waals surface area (Å²) in [4.78, 5) is 16.3. The molecular weight excluding hydrogens is 566 g/mol. The van der Waals surface area contributed by atoms with E-state index >= 15 is 0 Å². The molecule has 0 aliphatic carbocycles. The molecule has 43 heavy (non-hydrogen) atoms. The van der Waals surface area contributed by atoms with Crippen molar-refractivity contribution >= 4 is 9.84 Å². The van der Waals surface area contributed by atoms with E-state index in [1.54, 1.807) is 0 Å². The minimum Gasteiger partial charge on any atom is -0.380 e. The highest BCUT2D eigenvalue weighted by atomic mass is 32.2. The van der Waals surface area contributed by atoms with Crippen LogP contribution in [-0.4, -0.2) is 220 Å². The molecule has 0 atom stereocenters. The maximum Gasteiger partial charge on any atom is 0.158 e. The standard InChI is InChI=1S/C8H18N2.C6H14N2.C6H11NO2S.C6H11NO.C5H11NO/c1-8(2)10-6-4-9(3)5-7-10;1-7-3-5-8(2)6-4-7;1-7-4-6(5-7)2-3-10(6,8)9;1-7-2-6(3-7)4-8-5-6;1-6-2-4-7-5-3-6/h8H,4-7H2,1-3H3;3-6H2,1-2H3;2-5H2,1H3;2-5H2,1H3;2-5H2,1H3. The predicted molar refractivity (Wildman–Crippen MR) is 177 cm³/mol. The third-order valence-electron chi connectivity index (χ3n) is 9.86. The van der Waals surface area contributed by atoms with Crippen molar-refractivity contribution in [1.29, 1.82) is 0 Å². The Morgan fingerprint density at radius 2 is 0.977 bits per heavy atom. The van der Waals surface area contributed by atoms with Gasteiger partial charge in [0.2, 0.25) is 0 Å². The molecule has 7 fully saturated rings. The molecule has 0 N–H and O–H groups in total. The van der Waals surface area contributed by atoms with Crippen molar-refractivity contribution in [2.24, 2.45) is 5.41 Å². The summed E-state index contributed by atoms with van der Waals surface area (Å²) in [6.45, 7) is 24.5. The zero-order valence-corrected chi connectivity index (χ0v) is 29.7. The van der Waals surface area contributed by atoms with Crippen LogP contribution in [0, 0.1) is 5.41 Å². The van der Waals surface area contributed by atoms with Gasteiger partial charge in [0.15, 0.2) is 9.84 Å². The molecule has 0 aromatic rings. The Labute approximate surface area is 264 Å². The van der Waals surface area contributed by atoms with E-state index in [4.69, 9.17) is 9.47 Å². The SMILES string of the molecule is CC(C)N1CCN(C)CC1.CN1CC2(CCS2(=O)=O)C1.CN1CC2(COC2)C1.CN1CCN(C)CC1.CN1CCOCC1. The van der Waals surface area contributed by atoms with Crippen molar-refractivity contribution in [3.63, 3.8) is 0 Å². The molecule has 7 saturated heterocycles. The van der Waals surface area contributed by atoms with E-state index in [0.717, 1.165) is 65.1 Å². The van der Waals surface area contributed by atoms with Crippen LogP contribution >= 0.6 is 0 Å². The van der Waals surface area contributed by atoms with Crippen molar-refractivity contribution in [2.45, 2.75) is 31.1 Å². The van der Waals surface area contributed by atoms with Crippen LogP contribution in [0.3, 0.4) is 0 Å². The lowest BCUT2D eigenvalue weighted by molar-refractivity contribution is -0.182. The fraction of sp³-hybridized carbons (Fsp3) is 1.00. The Balaban J connectivity index is 0.000000148. The first-order chi connectivity index (χ1) is 20.2. The van der Waals surface area contributed by atoms with Crippen LogP contribution in [0.25, 0.3) is 0 Å². The van der Waals surface area contributed by atoms with E-state index in [2.05, 4.69) is 83.4 Å². The number of likely N-dealkylation sites (N-methyl/N-ethyl adjacent to an activating group) is 4. The van der Waals surface area contributed by atoms with Crippen molar-refractivity contribution < 1.29 is 17.9 Å². The Bertz CT molecular complexity index is 874. The second kappa shape index (κ2) is 16.9. The molecule has 254 valence electrons. The van der Waals surface area contributed by atoms with E-state index in [0.29, 0.717) is 11.2 Å². The lowest BCUT2D eigenvalue weighted by Crippen LogP contribution is -2.70. The summed E-state index contributed by atoms with van der Waals surface area (Å²) in [5, 5.41) is 0. The maximum atomic E-state index is 11.1. The number of hydrogen-bond acceptors (Lipinski definition) is 11. The molecule has 11 nitrogen and oxygen atoms in total. The molecular formula is C31H65N7O4S. The van der Waals surface area contributed by atoms with Crippen molar-refractivity contribution in [2.75, 3.05) is 166 Å². The molecule has 0 saturated carbocycles. The van der Waals surface area contributed by atoms with Crippen LogP contribution < -0.4 is 0 Å². The van der Waals surface area contributed by atoms with E-state index in [-0.39, 0.29) is 4.75 Å². The lowest BCUT2D eigenvalue weighted by atomic mass is 9.79. The van der Waals surface area contributed by atoms with Gasteiger partial charge in [0.05, 0.1) is 36.9 Å². The number of rotatable bonds is 1. The smallest absolute Gasteiger partial charge is 0.158 e. The maximum absolute atomic E-state index is 11.1. The van der Waals surface area contributed by atoms with Gasteiger partial charge < -0.3 is 38.9 Å². The molecule has 7 aliphatic rings. The molecule has 7 heterocycles. The number of piperazine rings is 2. The highest BCUT2D eigenvalue weighted by Gasteiger charge is 2.58. The average Bonchev–Trinajstić information content (AvgIpc) is 2.91.